The van der Waals surface area contributed by atoms with E-state index in [0.717, 1.165) is 11.3 Å². The topological polar surface area (TPSA) is 67.9 Å². The van der Waals surface area contributed by atoms with E-state index in [2.05, 4.69) is 4.72 Å². The lowest BCUT2D eigenvalue weighted by molar-refractivity contribution is -0.0445. The second kappa shape index (κ2) is 7.82. The predicted molar refractivity (Wildman–Crippen MR) is 94.2 cm³/mol. The summed E-state index contributed by atoms with van der Waals surface area (Å²) in [5.74, 6) is 0.865. The fourth-order valence-electron chi connectivity index (χ4n) is 2.96. The summed E-state index contributed by atoms with van der Waals surface area (Å²) in [4.78, 5) is 0. The molecule has 0 bridgehead atoms. The van der Waals surface area contributed by atoms with E-state index in [9.17, 15) is 8.42 Å². The van der Waals surface area contributed by atoms with Gasteiger partial charge in [0.2, 0.25) is 0 Å². The summed E-state index contributed by atoms with van der Waals surface area (Å²) in [5.41, 5.74) is 0.920. The largest absolute Gasteiger partial charge is 0.497 e. The van der Waals surface area contributed by atoms with Crippen LogP contribution >= 0.6 is 0 Å². The predicted octanol–water partition coefficient (Wildman–Crippen LogP) is 2.34. The van der Waals surface area contributed by atoms with Gasteiger partial charge in [0.15, 0.2) is 0 Å². The minimum absolute atomic E-state index is 0.108. The van der Waals surface area contributed by atoms with Crippen molar-refractivity contribution in [3.63, 3.8) is 0 Å². The molecule has 7 heteroatoms. The second-order valence-corrected chi connectivity index (χ2v) is 8.39. The monoisotopic (exact) mass is 356 g/mol. The maximum absolute atomic E-state index is 12.8. The fourth-order valence-corrected chi connectivity index (χ4v) is 4.65. The van der Waals surface area contributed by atoms with Gasteiger partial charge >= 0.3 is 0 Å². The highest BCUT2D eigenvalue weighted by Gasteiger charge is 2.33. The average Bonchev–Trinajstić information content (AvgIpc) is 2.51. The Morgan fingerprint density at radius 1 is 1.17 bits per heavy atom. The molecular formula is C17H28N2O4S. The summed E-state index contributed by atoms with van der Waals surface area (Å²) in [6, 6.07) is 7.19. The maximum Gasteiger partial charge on any atom is 0.280 e. The van der Waals surface area contributed by atoms with Crippen molar-refractivity contribution in [3.05, 3.63) is 29.8 Å². The Hall–Kier alpha value is -1.15. The number of benzene rings is 1. The molecule has 0 unspecified atom stereocenters. The summed E-state index contributed by atoms with van der Waals surface area (Å²) >= 11 is 0. The first-order valence-corrected chi connectivity index (χ1v) is 9.73. The van der Waals surface area contributed by atoms with Crippen molar-refractivity contribution in [1.82, 2.24) is 9.03 Å². The Kier molecular flexibility index (Phi) is 6.25. The molecule has 0 aliphatic carbocycles. The van der Waals surface area contributed by atoms with E-state index in [4.69, 9.17) is 9.47 Å². The molecule has 0 spiro atoms. The molecule has 1 aliphatic rings. The van der Waals surface area contributed by atoms with E-state index < -0.39 is 10.2 Å². The van der Waals surface area contributed by atoms with Crippen LogP contribution in [0, 0.1) is 5.92 Å². The quantitative estimate of drug-likeness (QED) is 0.849. The van der Waals surface area contributed by atoms with Crippen LogP contribution in [0.4, 0.5) is 0 Å². The summed E-state index contributed by atoms with van der Waals surface area (Å²) in [5, 5.41) is 0. The summed E-state index contributed by atoms with van der Waals surface area (Å²) in [6.45, 7) is 8.52. The standard InChI is InChI=1S/C17H28N2O4S/c1-12(2)17(15-6-8-16(22-5)9-7-15)18-24(20,21)19-10-13(3)23-14(4)11-19/h6-9,12-14,17-18H,10-11H2,1-5H3/t13-,14+,17-/m0/s1. The number of hydrogen-bond donors (Lipinski definition) is 1. The van der Waals surface area contributed by atoms with Gasteiger partial charge in [-0.2, -0.15) is 17.4 Å². The van der Waals surface area contributed by atoms with Crippen LogP contribution in [0.1, 0.15) is 39.3 Å². The van der Waals surface area contributed by atoms with Gasteiger partial charge < -0.3 is 9.47 Å². The molecule has 1 saturated heterocycles. The molecule has 1 aromatic rings. The summed E-state index contributed by atoms with van der Waals surface area (Å²) < 4.78 is 40.8. The molecule has 1 aromatic carbocycles. The van der Waals surface area contributed by atoms with Gasteiger partial charge in [-0.25, -0.2) is 0 Å². The van der Waals surface area contributed by atoms with Gasteiger partial charge in [0, 0.05) is 13.1 Å². The molecule has 0 saturated carbocycles. The van der Waals surface area contributed by atoms with E-state index in [1.807, 2.05) is 52.0 Å². The third kappa shape index (κ3) is 4.69. The van der Waals surface area contributed by atoms with E-state index in [-0.39, 0.29) is 24.2 Å². The van der Waals surface area contributed by atoms with Crippen molar-refractivity contribution in [2.45, 2.75) is 45.9 Å². The summed E-state index contributed by atoms with van der Waals surface area (Å²) in [7, 11) is -1.98. The van der Waals surface area contributed by atoms with E-state index >= 15 is 0 Å². The smallest absolute Gasteiger partial charge is 0.280 e. The van der Waals surface area contributed by atoms with Crippen LogP contribution in [0.2, 0.25) is 0 Å². The SMILES string of the molecule is COc1ccc([C@@H](NS(=O)(=O)N2C[C@@H](C)O[C@@H](C)C2)C(C)C)cc1. The van der Waals surface area contributed by atoms with E-state index in [0.29, 0.717) is 13.1 Å². The van der Waals surface area contributed by atoms with Crippen molar-refractivity contribution in [1.29, 1.82) is 0 Å². The Morgan fingerprint density at radius 3 is 2.17 bits per heavy atom. The van der Waals surface area contributed by atoms with Crippen LogP contribution in [0.25, 0.3) is 0 Å². The van der Waals surface area contributed by atoms with Gasteiger partial charge in [0.05, 0.1) is 25.4 Å². The zero-order valence-corrected chi connectivity index (χ0v) is 15.8. The molecule has 136 valence electrons. The number of hydrogen-bond acceptors (Lipinski definition) is 4. The molecule has 0 aromatic heterocycles. The Balaban J connectivity index is 2.19. The van der Waals surface area contributed by atoms with Gasteiger partial charge in [0.1, 0.15) is 5.75 Å². The molecular weight excluding hydrogens is 328 g/mol. The molecule has 1 fully saturated rings. The third-order valence-electron chi connectivity index (χ3n) is 4.14. The zero-order valence-electron chi connectivity index (χ0n) is 15.0. The first kappa shape index (κ1) is 19.2. The minimum Gasteiger partial charge on any atom is -0.497 e. The fraction of sp³-hybridized carbons (Fsp3) is 0.647. The number of rotatable bonds is 6. The van der Waals surface area contributed by atoms with E-state index in [1.54, 1.807) is 7.11 Å². The Bertz CT molecular complexity index is 620. The lowest BCUT2D eigenvalue weighted by atomic mass is 9.97. The van der Waals surface area contributed by atoms with Crippen LogP contribution in [-0.4, -0.2) is 45.1 Å². The number of nitrogens with one attached hydrogen (secondary N) is 1. The summed E-state index contributed by atoms with van der Waals surface area (Å²) in [6.07, 6.45) is -0.215. The van der Waals surface area contributed by atoms with Crippen molar-refractivity contribution in [2.75, 3.05) is 20.2 Å². The van der Waals surface area contributed by atoms with Crippen LogP contribution in [0.15, 0.2) is 24.3 Å². The minimum atomic E-state index is -3.59. The zero-order chi connectivity index (χ0) is 17.9. The highest BCUT2D eigenvalue weighted by molar-refractivity contribution is 7.87. The van der Waals surface area contributed by atoms with Gasteiger partial charge in [0.25, 0.3) is 10.2 Å². The second-order valence-electron chi connectivity index (χ2n) is 6.69. The van der Waals surface area contributed by atoms with Crippen LogP contribution in [-0.2, 0) is 14.9 Å². The van der Waals surface area contributed by atoms with Crippen molar-refractivity contribution >= 4 is 10.2 Å². The molecule has 3 atom stereocenters. The molecule has 1 N–H and O–H groups in total. The third-order valence-corrected chi connectivity index (χ3v) is 5.67. The van der Waals surface area contributed by atoms with Crippen molar-refractivity contribution < 1.29 is 17.9 Å². The molecule has 6 nitrogen and oxygen atoms in total. The van der Waals surface area contributed by atoms with Crippen molar-refractivity contribution in [2.24, 2.45) is 5.92 Å². The Labute approximate surface area is 145 Å². The lowest BCUT2D eigenvalue weighted by Crippen LogP contribution is -2.52. The number of morpholine rings is 1. The number of ether oxygens (including phenoxy) is 2. The van der Waals surface area contributed by atoms with Crippen LogP contribution in [0.5, 0.6) is 5.75 Å². The van der Waals surface area contributed by atoms with Gasteiger partial charge in [-0.3, -0.25) is 0 Å². The molecule has 0 amide bonds. The first-order valence-electron chi connectivity index (χ1n) is 8.29. The average molecular weight is 356 g/mol. The molecule has 24 heavy (non-hydrogen) atoms. The molecule has 1 aliphatic heterocycles. The first-order chi connectivity index (χ1) is 11.2. The molecule has 2 rings (SSSR count). The van der Waals surface area contributed by atoms with Gasteiger partial charge in [-0.1, -0.05) is 26.0 Å². The van der Waals surface area contributed by atoms with Crippen LogP contribution in [0.3, 0.4) is 0 Å². The molecule has 0 radical (unpaired) electrons. The maximum atomic E-state index is 12.8. The van der Waals surface area contributed by atoms with Crippen LogP contribution < -0.4 is 9.46 Å². The Morgan fingerprint density at radius 2 is 1.71 bits per heavy atom. The highest BCUT2D eigenvalue weighted by Crippen LogP contribution is 2.26. The molecule has 1 heterocycles. The highest BCUT2D eigenvalue weighted by atomic mass is 32.2. The van der Waals surface area contributed by atoms with Crippen molar-refractivity contribution in [3.8, 4) is 5.75 Å². The number of methoxy groups -OCH3 is 1. The lowest BCUT2D eigenvalue weighted by Gasteiger charge is -2.35. The van der Waals surface area contributed by atoms with E-state index in [1.165, 1.54) is 4.31 Å². The van der Waals surface area contributed by atoms with Gasteiger partial charge in [-0.15, -0.1) is 0 Å². The van der Waals surface area contributed by atoms with Gasteiger partial charge in [-0.05, 0) is 37.5 Å². The number of nitrogens with zero attached hydrogens (tertiary/aromatic N) is 1. The normalized spacial score (nSPS) is 24.1.